The van der Waals surface area contributed by atoms with Crippen molar-refractivity contribution in [2.45, 2.75) is 17.8 Å². The highest BCUT2D eigenvalue weighted by molar-refractivity contribution is 6.27. The first-order valence-electron chi connectivity index (χ1n) is 15.7. The van der Waals surface area contributed by atoms with Crippen LogP contribution in [0.4, 0.5) is 5.69 Å². The highest BCUT2D eigenvalue weighted by Gasteiger charge is 2.68. The van der Waals surface area contributed by atoms with Gasteiger partial charge in [-0.25, -0.2) is 4.90 Å². The van der Waals surface area contributed by atoms with Gasteiger partial charge in [0.25, 0.3) is 11.8 Å². The van der Waals surface area contributed by atoms with Crippen molar-refractivity contribution in [1.29, 1.82) is 0 Å². The highest BCUT2D eigenvalue weighted by Crippen LogP contribution is 2.64. The van der Waals surface area contributed by atoms with Gasteiger partial charge in [0.2, 0.25) is 11.8 Å². The maximum atomic E-state index is 14.9. The van der Waals surface area contributed by atoms with Crippen LogP contribution >= 0.6 is 0 Å². The number of benzene rings is 4. The summed E-state index contributed by atoms with van der Waals surface area (Å²) in [5, 5.41) is 7.55. The molecule has 7 heteroatoms. The second-order valence-corrected chi connectivity index (χ2v) is 13.3. The van der Waals surface area contributed by atoms with Crippen LogP contribution in [0, 0.1) is 35.5 Å². The van der Waals surface area contributed by atoms with Crippen LogP contribution in [0.3, 0.4) is 0 Å². The highest BCUT2D eigenvalue weighted by atomic mass is 16.2. The third-order valence-electron chi connectivity index (χ3n) is 11.5. The van der Waals surface area contributed by atoms with Crippen LogP contribution in [0.1, 0.15) is 34.6 Å². The van der Waals surface area contributed by atoms with Crippen molar-refractivity contribution in [1.82, 2.24) is 5.01 Å². The third kappa shape index (κ3) is 2.90. The molecule has 218 valence electrons. The Labute approximate surface area is 258 Å². The van der Waals surface area contributed by atoms with E-state index >= 15 is 0 Å². The molecular weight excluding hydrogens is 562 g/mol. The molecule has 2 saturated heterocycles. The zero-order valence-corrected chi connectivity index (χ0v) is 24.1. The van der Waals surface area contributed by atoms with E-state index in [9.17, 15) is 19.2 Å². The maximum Gasteiger partial charge on any atom is 0.254 e. The molecule has 4 amide bonds. The Hall–Kier alpha value is -5.17. The van der Waals surface area contributed by atoms with E-state index in [1.807, 2.05) is 91.0 Å². The smallest absolute Gasteiger partial charge is 0.254 e. The summed E-state index contributed by atoms with van der Waals surface area (Å²) >= 11 is 0. The summed E-state index contributed by atoms with van der Waals surface area (Å²) < 4.78 is 0. The van der Waals surface area contributed by atoms with Gasteiger partial charge in [0.15, 0.2) is 0 Å². The molecule has 4 bridgehead atoms. The number of hydrogen-bond donors (Lipinski definition) is 0. The number of carbonyl (C=O) groups excluding carboxylic acids is 4. The number of allylic oxidation sites excluding steroid dienone is 2. The van der Waals surface area contributed by atoms with Crippen LogP contribution in [-0.4, -0.2) is 34.9 Å². The summed E-state index contributed by atoms with van der Waals surface area (Å²) in [5.41, 5.74) is 3.14. The minimum absolute atomic E-state index is 0.0639. The molecule has 11 rings (SSSR count). The number of amides is 4. The minimum Gasteiger partial charge on any atom is -0.274 e. The quantitative estimate of drug-likeness (QED) is 0.187. The lowest BCUT2D eigenvalue weighted by Gasteiger charge is -2.52. The van der Waals surface area contributed by atoms with Gasteiger partial charge in [-0.1, -0.05) is 97.1 Å². The van der Waals surface area contributed by atoms with Crippen molar-refractivity contribution in [3.05, 3.63) is 125 Å². The molecular formula is C38H27N3O4. The minimum atomic E-state index is -1.16. The molecule has 2 heterocycles. The number of hydrazone groups is 1. The summed E-state index contributed by atoms with van der Waals surface area (Å²) in [6.07, 6.45) is 6.61. The van der Waals surface area contributed by atoms with E-state index < -0.39 is 17.3 Å². The third-order valence-corrected chi connectivity index (χ3v) is 11.5. The summed E-state index contributed by atoms with van der Waals surface area (Å²) in [5.74, 6) is -3.50. The van der Waals surface area contributed by atoms with E-state index in [2.05, 4.69) is 12.2 Å². The lowest BCUT2D eigenvalue weighted by molar-refractivity contribution is -0.140. The molecule has 4 aromatic rings. The van der Waals surface area contributed by atoms with Crippen molar-refractivity contribution < 1.29 is 19.2 Å². The van der Waals surface area contributed by atoms with Crippen molar-refractivity contribution >= 4 is 46.3 Å². The number of rotatable bonds is 3. The van der Waals surface area contributed by atoms with Crippen molar-refractivity contribution in [3.8, 4) is 0 Å². The molecule has 0 aromatic heterocycles. The number of carbonyl (C=O) groups is 4. The van der Waals surface area contributed by atoms with Gasteiger partial charge in [-0.2, -0.15) is 10.1 Å². The van der Waals surface area contributed by atoms with Crippen LogP contribution in [0.2, 0.25) is 0 Å². The van der Waals surface area contributed by atoms with Crippen LogP contribution in [0.5, 0.6) is 0 Å². The fourth-order valence-electron chi connectivity index (χ4n) is 9.84. The lowest BCUT2D eigenvalue weighted by Crippen LogP contribution is -2.55. The van der Waals surface area contributed by atoms with Gasteiger partial charge in [0, 0.05) is 17.5 Å². The van der Waals surface area contributed by atoms with Crippen molar-refractivity contribution in [3.63, 3.8) is 0 Å². The van der Waals surface area contributed by atoms with E-state index in [4.69, 9.17) is 5.10 Å². The zero-order chi connectivity index (χ0) is 30.2. The molecule has 7 aliphatic rings. The van der Waals surface area contributed by atoms with Crippen LogP contribution in [-0.2, 0) is 24.6 Å². The molecule has 0 radical (unpaired) electrons. The summed E-state index contributed by atoms with van der Waals surface area (Å²) in [6, 6.07) is 29.3. The number of fused-ring (bicyclic) bond motifs is 6. The first-order valence-corrected chi connectivity index (χ1v) is 15.7. The Morgan fingerprint density at radius 2 is 1.24 bits per heavy atom. The first-order chi connectivity index (χ1) is 22.0. The topological polar surface area (TPSA) is 87.1 Å². The number of hydrogen-bond acceptors (Lipinski definition) is 5. The Bertz CT molecular complexity index is 2030. The predicted octanol–water partition coefficient (Wildman–Crippen LogP) is 5.18. The molecule has 6 atom stereocenters. The molecule has 45 heavy (non-hydrogen) atoms. The molecule has 1 saturated carbocycles. The second-order valence-electron chi connectivity index (χ2n) is 13.3. The summed E-state index contributed by atoms with van der Waals surface area (Å²) in [7, 11) is 0. The van der Waals surface area contributed by atoms with Gasteiger partial charge in [0.05, 0.1) is 34.8 Å². The molecule has 0 spiro atoms. The fraction of sp³-hybridized carbons (Fsp3) is 0.237. The average Bonchev–Trinajstić information content (AvgIpc) is 3.82. The molecule has 4 aromatic carbocycles. The van der Waals surface area contributed by atoms with E-state index in [0.717, 1.165) is 44.5 Å². The van der Waals surface area contributed by atoms with E-state index in [1.54, 1.807) is 6.21 Å². The van der Waals surface area contributed by atoms with Crippen molar-refractivity contribution in [2.24, 2.45) is 40.6 Å². The largest absolute Gasteiger partial charge is 0.274 e. The Balaban J connectivity index is 1.18. The van der Waals surface area contributed by atoms with Gasteiger partial charge in [-0.3, -0.25) is 19.2 Å². The Kier molecular flexibility index (Phi) is 4.76. The number of imide groups is 2. The summed E-state index contributed by atoms with van der Waals surface area (Å²) in [4.78, 5) is 58.3. The van der Waals surface area contributed by atoms with Gasteiger partial charge < -0.3 is 0 Å². The van der Waals surface area contributed by atoms with Gasteiger partial charge in [0.1, 0.15) is 0 Å². The number of anilines is 1. The first kappa shape index (κ1) is 25.2. The molecule has 3 fully saturated rings. The second kappa shape index (κ2) is 8.51. The van der Waals surface area contributed by atoms with Gasteiger partial charge in [-0.15, -0.1) is 0 Å². The van der Waals surface area contributed by atoms with E-state index in [0.29, 0.717) is 5.69 Å². The molecule has 7 nitrogen and oxygen atoms in total. The molecule has 0 N–H and O–H groups in total. The summed E-state index contributed by atoms with van der Waals surface area (Å²) in [6.45, 7) is 0. The van der Waals surface area contributed by atoms with E-state index in [-0.39, 0.29) is 53.2 Å². The van der Waals surface area contributed by atoms with Gasteiger partial charge in [-0.05, 0) is 52.0 Å². The fourth-order valence-corrected chi connectivity index (χ4v) is 9.84. The molecule has 5 aliphatic carbocycles. The number of nitrogens with zero attached hydrogens (tertiary/aromatic N) is 3. The molecule has 0 unspecified atom stereocenters. The lowest BCUT2D eigenvalue weighted by atomic mass is 9.47. The van der Waals surface area contributed by atoms with Crippen LogP contribution in [0.25, 0.3) is 10.8 Å². The Morgan fingerprint density at radius 3 is 1.93 bits per heavy atom. The van der Waals surface area contributed by atoms with Gasteiger partial charge >= 0.3 is 0 Å². The SMILES string of the molecule is O=C1[C@@H]2[C@H](C(=O)N1/N=C\C13c4ccccc4C(c4ccccc41)[C@@H]1C(=O)N(c4cccc5ccccc45)C(=O)[C@H]13)[C@H]1C=C[C@H]2C1. The van der Waals surface area contributed by atoms with E-state index in [1.165, 1.54) is 4.90 Å². The maximum absolute atomic E-state index is 14.9. The average molecular weight is 590 g/mol. The predicted molar refractivity (Wildman–Crippen MR) is 167 cm³/mol. The zero-order valence-electron chi connectivity index (χ0n) is 24.1. The Morgan fingerprint density at radius 1 is 0.644 bits per heavy atom. The molecule has 2 aliphatic heterocycles. The normalized spacial score (nSPS) is 33.5. The van der Waals surface area contributed by atoms with Crippen LogP contribution in [0.15, 0.2) is 108 Å². The monoisotopic (exact) mass is 589 g/mol. The standard InChI is InChI=1S/C38H27N3O4/c42-34-32-31-24-11-3-5-13-26(24)38(27-14-6-4-12-25(27)31,19-39-41-35(43)29-21-16-17-22(18-21)30(29)36(41)44)33(32)37(45)40(34)28-15-7-9-20-8-1-2-10-23(20)28/h1-17,19,21-22,29-33H,18H2/b39-19-/t21-,22-,29-,30+,31?,32-,33-,38?/m0/s1. The van der Waals surface area contributed by atoms with Crippen molar-refractivity contribution in [2.75, 3.05) is 4.90 Å². The van der Waals surface area contributed by atoms with Crippen LogP contribution < -0.4 is 4.90 Å².